The predicted molar refractivity (Wildman–Crippen MR) is 76.1 cm³/mol. The van der Waals surface area contributed by atoms with E-state index in [-0.39, 0.29) is 5.84 Å². The maximum atomic E-state index is 8.56. The molecule has 0 unspecified atom stereocenters. The van der Waals surface area contributed by atoms with Gasteiger partial charge in [0.25, 0.3) is 0 Å². The van der Waals surface area contributed by atoms with E-state index >= 15 is 0 Å². The summed E-state index contributed by atoms with van der Waals surface area (Å²) in [5.41, 5.74) is 6.12. The van der Waals surface area contributed by atoms with Crippen LogP contribution in [0.1, 0.15) is 5.56 Å². The van der Waals surface area contributed by atoms with Crippen LogP contribution in [0.25, 0.3) is 0 Å². The van der Waals surface area contributed by atoms with Gasteiger partial charge in [0.2, 0.25) is 0 Å². The van der Waals surface area contributed by atoms with Gasteiger partial charge in [-0.3, -0.25) is 4.68 Å². The maximum absolute atomic E-state index is 8.56. The van der Waals surface area contributed by atoms with Gasteiger partial charge < -0.3 is 21.0 Å². The van der Waals surface area contributed by atoms with E-state index < -0.39 is 0 Å². The van der Waals surface area contributed by atoms with Gasteiger partial charge in [0, 0.05) is 24.9 Å². The normalized spacial score (nSPS) is 11.3. The first-order valence-electron chi connectivity index (χ1n) is 6.13. The van der Waals surface area contributed by atoms with Crippen LogP contribution < -0.4 is 15.8 Å². The van der Waals surface area contributed by atoms with Crippen LogP contribution in [0.4, 0.5) is 5.82 Å². The van der Waals surface area contributed by atoms with Gasteiger partial charge in [-0.1, -0.05) is 5.16 Å². The number of benzene rings is 1. The molecule has 0 aliphatic rings. The molecule has 0 spiro atoms. The second-order valence-electron chi connectivity index (χ2n) is 4.16. The summed E-state index contributed by atoms with van der Waals surface area (Å²) in [6, 6.07) is 8.90. The Balaban J connectivity index is 1.77. The van der Waals surface area contributed by atoms with E-state index in [2.05, 4.69) is 15.6 Å². The van der Waals surface area contributed by atoms with Gasteiger partial charge in [0.1, 0.15) is 18.2 Å². The first-order chi connectivity index (χ1) is 9.69. The Labute approximate surface area is 116 Å². The molecule has 0 fully saturated rings. The topological polar surface area (TPSA) is 97.7 Å². The van der Waals surface area contributed by atoms with Crippen molar-refractivity contribution in [2.45, 2.75) is 0 Å². The second kappa shape index (κ2) is 6.46. The fourth-order valence-electron chi connectivity index (χ4n) is 1.64. The first kappa shape index (κ1) is 13.7. The van der Waals surface area contributed by atoms with Gasteiger partial charge >= 0.3 is 0 Å². The Bertz CT molecular complexity index is 577. The van der Waals surface area contributed by atoms with Gasteiger partial charge in [-0.15, -0.1) is 0 Å². The van der Waals surface area contributed by atoms with E-state index in [9.17, 15) is 0 Å². The summed E-state index contributed by atoms with van der Waals surface area (Å²) in [5.74, 6) is 1.62. The summed E-state index contributed by atoms with van der Waals surface area (Å²) in [4.78, 5) is 0. The summed E-state index contributed by atoms with van der Waals surface area (Å²) in [6.45, 7) is 1.17. The Morgan fingerprint density at radius 2 is 2.15 bits per heavy atom. The molecular weight excluding hydrogens is 258 g/mol. The van der Waals surface area contributed by atoms with Crippen molar-refractivity contribution in [3.8, 4) is 5.75 Å². The molecule has 7 heteroatoms. The molecule has 1 aromatic carbocycles. The average Bonchev–Trinajstić information content (AvgIpc) is 2.89. The van der Waals surface area contributed by atoms with Crippen LogP contribution in [-0.4, -0.2) is 34.0 Å². The molecule has 7 nitrogen and oxygen atoms in total. The molecule has 0 amide bonds. The van der Waals surface area contributed by atoms with Crippen molar-refractivity contribution < 1.29 is 9.94 Å². The van der Waals surface area contributed by atoms with Crippen LogP contribution in [0.15, 0.2) is 41.7 Å². The average molecular weight is 275 g/mol. The lowest BCUT2D eigenvalue weighted by Gasteiger charge is -2.07. The van der Waals surface area contributed by atoms with Crippen LogP contribution in [0.3, 0.4) is 0 Å². The Kier molecular flexibility index (Phi) is 4.43. The molecule has 20 heavy (non-hydrogen) atoms. The molecule has 106 valence electrons. The van der Waals surface area contributed by atoms with E-state index in [1.807, 2.05) is 19.3 Å². The standard InChI is InChI=1S/C13H17N5O2/c1-18-8-6-12(16-18)15-7-9-20-11-4-2-10(3-5-11)13(14)17-19/h2-6,8,19H,7,9H2,1H3,(H2,14,17)(H,15,16). The second-order valence-corrected chi connectivity index (χ2v) is 4.16. The molecule has 0 saturated carbocycles. The van der Waals surface area contributed by atoms with Crippen molar-refractivity contribution >= 4 is 11.7 Å². The number of nitrogens with zero attached hydrogens (tertiary/aromatic N) is 3. The number of aryl methyl sites for hydroxylation is 1. The lowest BCUT2D eigenvalue weighted by molar-refractivity contribution is 0.318. The number of nitrogens with one attached hydrogen (secondary N) is 1. The number of anilines is 1. The van der Waals surface area contributed by atoms with E-state index in [0.29, 0.717) is 18.7 Å². The van der Waals surface area contributed by atoms with Gasteiger partial charge in [0.05, 0.1) is 6.54 Å². The van der Waals surface area contributed by atoms with Crippen molar-refractivity contribution in [1.29, 1.82) is 0 Å². The molecule has 0 bridgehead atoms. The van der Waals surface area contributed by atoms with Crippen molar-refractivity contribution in [1.82, 2.24) is 9.78 Å². The number of rotatable bonds is 6. The minimum Gasteiger partial charge on any atom is -0.492 e. The van der Waals surface area contributed by atoms with Crippen molar-refractivity contribution in [3.05, 3.63) is 42.1 Å². The minimum absolute atomic E-state index is 0.0772. The Morgan fingerprint density at radius 1 is 1.40 bits per heavy atom. The first-order valence-corrected chi connectivity index (χ1v) is 6.13. The predicted octanol–water partition coefficient (Wildman–Crippen LogP) is 1.01. The minimum atomic E-state index is 0.0772. The van der Waals surface area contributed by atoms with E-state index in [4.69, 9.17) is 15.7 Å². The van der Waals surface area contributed by atoms with Gasteiger partial charge in [-0.2, -0.15) is 5.10 Å². The number of hydrogen-bond acceptors (Lipinski definition) is 5. The molecule has 0 radical (unpaired) electrons. The number of nitrogens with two attached hydrogens (primary N) is 1. The third kappa shape index (κ3) is 3.64. The summed E-state index contributed by atoms with van der Waals surface area (Å²) in [7, 11) is 1.87. The molecule has 0 atom stereocenters. The molecule has 2 rings (SSSR count). The molecule has 2 aromatic rings. The SMILES string of the molecule is Cn1ccc(NCCOc2ccc(C(N)=NO)cc2)n1. The van der Waals surface area contributed by atoms with Crippen LogP contribution in [0.2, 0.25) is 0 Å². The molecule has 1 heterocycles. The monoisotopic (exact) mass is 275 g/mol. The highest BCUT2D eigenvalue weighted by Crippen LogP contribution is 2.12. The van der Waals surface area contributed by atoms with Gasteiger partial charge in [-0.25, -0.2) is 0 Å². The largest absolute Gasteiger partial charge is 0.492 e. The highest BCUT2D eigenvalue weighted by atomic mass is 16.5. The maximum Gasteiger partial charge on any atom is 0.170 e. The summed E-state index contributed by atoms with van der Waals surface area (Å²) < 4.78 is 7.29. The highest BCUT2D eigenvalue weighted by Gasteiger charge is 2.00. The third-order valence-corrected chi connectivity index (χ3v) is 2.65. The van der Waals surface area contributed by atoms with Crippen LogP contribution in [0.5, 0.6) is 5.75 Å². The smallest absolute Gasteiger partial charge is 0.170 e. The quantitative estimate of drug-likeness (QED) is 0.240. The molecule has 1 aromatic heterocycles. The van der Waals surface area contributed by atoms with E-state index in [1.165, 1.54) is 0 Å². The molecular formula is C13H17N5O2. The number of ether oxygens (including phenoxy) is 1. The lowest BCUT2D eigenvalue weighted by atomic mass is 10.2. The molecule has 0 aliphatic heterocycles. The Hall–Kier alpha value is -2.70. The number of amidine groups is 1. The van der Waals surface area contributed by atoms with E-state index in [1.54, 1.807) is 28.9 Å². The van der Waals surface area contributed by atoms with Crippen LogP contribution in [0, 0.1) is 0 Å². The fraction of sp³-hybridized carbons (Fsp3) is 0.231. The van der Waals surface area contributed by atoms with Crippen LogP contribution >= 0.6 is 0 Å². The zero-order chi connectivity index (χ0) is 14.4. The molecule has 0 saturated heterocycles. The van der Waals surface area contributed by atoms with Gasteiger partial charge in [0.15, 0.2) is 5.84 Å². The lowest BCUT2D eigenvalue weighted by Crippen LogP contribution is -2.13. The summed E-state index contributed by atoms with van der Waals surface area (Å²) in [5, 5.41) is 18.8. The molecule has 0 aliphatic carbocycles. The number of oxime groups is 1. The van der Waals surface area contributed by atoms with Crippen molar-refractivity contribution in [2.75, 3.05) is 18.5 Å². The van der Waals surface area contributed by atoms with Crippen molar-refractivity contribution in [3.63, 3.8) is 0 Å². The zero-order valence-corrected chi connectivity index (χ0v) is 11.2. The third-order valence-electron chi connectivity index (χ3n) is 2.65. The van der Waals surface area contributed by atoms with Crippen molar-refractivity contribution in [2.24, 2.45) is 17.9 Å². The van der Waals surface area contributed by atoms with E-state index in [0.717, 1.165) is 11.6 Å². The summed E-state index contributed by atoms with van der Waals surface area (Å²) in [6.07, 6.45) is 1.87. The van der Waals surface area contributed by atoms with Crippen LogP contribution in [-0.2, 0) is 7.05 Å². The Morgan fingerprint density at radius 3 is 2.75 bits per heavy atom. The number of hydrogen-bond donors (Lipinski definition) is 3. The fourth-order valence-corrected chi connectivity index (χ4v) is 1.64. The summed E-state index contributed by atoms with van der Waals surface area (Å²) >= 11 is 0. The molecule has 4 N–H and O–H groups in total. The van der Waals surface area contributed by atoms with Gasteiger partial charge in [-0.05, 0) is 24.3 Å². The highest BCUT2D eigenvalue weighted by molar-refractivity contribution is 5.97. The zero-order valence-electron chi connectivity index (χ0n) is 11.2. The number of aromatic nitrogens is 2.